The fourth-order valence-corrected chi connectivity index (χ4v) is 2.61. The molecule has 2 aromatic rings. The number of nitrogens with zero attached hydrogens (tertiary/aromatic N) is 2. The molecule has 1 aliphatic heterocycles. The number of rotatable bonds is 1. The van der Waals surface area contributed by atoms with Crippen molar-refractivity contribution >= 4 is 28.7 Å². The third-order valence-electron chi connectivity index (χ3n) is 3.55. The van der Waals surface area contributed by atoms with Gasteiger partial charge in [0, 0.05) is 14.1 Å². The normalized spacial score (nSPS) is 12.9. The Hall–Kier alpha value is -2.49. The van der Waals surface area contributed by atoms with E-state index < -0.39 is 5.97 Å². The van der Waals surface area contributed by atoms with E-state index in [9.17, 15) is 9.90 Å². The summed E-state index contributed by atoms with van der Waals surface area (Å²) in [4.78, 5) is 15.4. The zero-order valence-electron chi connectivity index (χ0n) is 10.8. The Bertz CT molecular complexity index is 667. The number of aromatic carboxylic acids is 1. The van der Waals surface area contributed by atoms with Gasteiger partial charge in [0.1, 0.15) is 0 Å². The molecule has 19 heavy (non-hydrogen) atoms. The number of hydrogen-bond acceptors (Lipinski definition) is 3. The van der Waals surface area contributed by atoms with Crippen LogP contribution >= 0.6 is 0 Å². The third-order valence-corrected chi connectivity index (χ3v) is 3.55. The minimum Gasteiger partial charge on any atom is -0.478 e. The molecule has 2 aromatic carbocycles. The van der Waals surface area contributed by atoms with Crippen molar-refractivity contribution in [3.63, 3.8) is 0 Å². The van der Waals surface area contributed by atoms with E-state index in [-0.39, 0.29) is 0 Å². The van der Waals surface area contributed by atoms with Crippen molar-refractivity contribution in [3.05, 3.63) is 48.0 Å². The van der Waals surface area contributed by atoms with Gasteiger partial charge in [0.25, 0.3) is 0 Å². The van der Waals surface area contributed by atoms with Crippen molar-refractivity contribution in [2.75, 3.05) is 23.9 Å². The first kappa shape index (κ1) is 11.6. The number of para-hydroxylation sites is 3. The molecule has 0 spiro atoms. The van der Waals surface area contributed by atoms with Crippen LogP contribution in [0.2, 0.25) is 0 Å². The van der Waals surface area contributed by atoms with Gasteiger partial charge in [0.15, 0.2) is 0 Å². The van der Waals surface area contributed by atoms with Gasteiger partial charge in [-0.1, -0.05) is 18.2 Å². The molecule has 0 atom stereocenters. The maximum atomic E-state index is 11.4. The average molecular weight is 254 g/mol. The van der Waals surface area contributed by atoms with Gasteiger partial charge in [-0.25, -0.2) is 4.79 Å². The second-order valence-electron chi connectivity index (χ2n) is 4.59. The Morgan fingerprint density at radius 1 is 0.895 bits per heavy atom. The lowest BCUT2D eigenvalue weighted by atomic mass is 10.0. The van der Waals surface area contributed by atoms with E-state index in [0.717, 1.165) is 22.7 Å². The maximum Gasteiger partial charge on any atom is 0.337 e. The largest absolute Gasteiger partial charge is 0.478 e. The van der Waals surface area contributed by atoms with Crippen LogP contribution < -0.4 is 9.80 Å². The zero-order valence-corrected chi connectivity index (χ0v) is 10.8. The molecule has 4 nitrogen and oxygen atoms in total. The van der Waals surface area contributed by atoms with Crippen molar-refractivity contribution in [3.8, 4) is 0 Å². The second-order valence-corrected chi connectivity index (χ2v) is 4.59. The fourth-order valence-electron chi connectivity index (χ4n) is 2.61. The molecule has 0 bridgehead atoms. The summed E-state index contributed by atoms with van der Waals surface area (Å²) in [6.07, 6.45) is 0. The first-order valence-electron chi connectivity index (χ1n) is 6.04. The Labute approximate surface area is 111 Å². The van der Waals surface area contributed by atoms with E-state index in [0.29, 0.717) is 5.56 Å². The van der Waals surface area contributed by atoms with E-state index in [1.165, 1.54) is 0 Å². The summed E-state index contributed by atoms with van der Waals surface area (Å²) in [6.45, 7) is 0. The van der Waals surface area contributed by atoms with Crippen molar-refractivity contribution < 1.29 is 9.90 Å². The van der Waals surface area contributed by atoms with E-state index >= 15 is 0 Å². The summed E-state index contributed by atoms with van der Waals surface area (Å²) in [5.41, 5.74) is 4.03. The maximum absolute atomic E-state index is 11.4. The van der Waals surface area contributed by atoms with Crippen LogP contribution in [0, 0.1) is 0 Å². The molecule has 0 aromatic heterocycles. The number of hydrogen-bond donors (Lipinski definition) is 1. The number of benzene rings is 2. The number of carboxylic acid groups (broad SMARTS) is 1. The molecule has 4 heteroatoms. The first-order valence-corrected chi connectivity index (χ1v) is 6.04. The highest BCUT2D eigenvalue weighted by molar-refractivity contribution is 6.04. The number of carboxylic acids is 1. The van der Waals surface area contributed by atoms with Crippen LogP contribution in [-0.2, 0) is 0 Å². The van der Waals surface area contributed by atoms with Gasteiger partial charge in [0.05, 0.1) is 28.3 Å². The summed E-state index contributed by atoms with van der Waals surface area (Å²) in [5.74, 6) is -0.906. The minimum atomic E-state index is -0.906. The standard InChI is InChI=1S/C15H14N2O2/c1-16-11-7-3-4-8-12(11)17(2)14-10(15(18)19)6-5-9-13(14)16/h3-9H,1-2H3,(H,18,19). The summed E-state index contributed by atoms with van der Waals surface area (Å²) < 4.78 is 0. The highest BCUT2D eigenvalue weighted by Crippen LogP contribution is 2.47. The summed E-state index contributed by atoms with van der Waals surface area (Å²) in [7, 11) is 3.85. The minimum absolute atomic E-state index is 0.321. The molecular formula is C15H14N2O2. The highest BCUT2D eigenvalue weighted by atomic mass is 16.4. The van der Waals surface area contributed by atoms with Crippen LogP contribution in [0.25, 0.3) is 0 Å². The summed E-state index contributed by atoms with van der Waals surface area (Å²) in [5, 5.41) is 9.35. The van der Waals surface area contributed by atoms with Gasteiger partial charge >= 0.3 is 5.97 Å². The molecule has 0 saturated heterocycles. The Kier molecular flexibility index (Phi) is 2.45. The monoisotopic (exact) mass is 254 g/mol. The van der Waals surface area contributed by atoms with Crippen molar-refractivity contribution in [2.24, 2.45) is 0 Å². The van der Waals surface area contributed by atoms with Gasteiger partial charge in [-0.05, 0) is 24.3 Å². The molecule has 3 rings (SSSR count). The zero-order chi connectivity index (χ0) is 13.6. The molecule has 0 aliphatic carbocycles. The molecule has 1 aliphatic rings. The van der Waals surface area contributed by atoms with E-state index in [2.05, 4.69) is 0 Å². The van der Waals surface area contributed by atoms with Crippen LogP contribution in [0.5, 0.6) is 0 Å². The summed E-state index contributed by atoms with van der Waals surface area (Å²) in [6, 6.07) is 13.3. The molecule has 0 fully saturated rings. The Morgan fingerprint density at radius 2 is 1.47 bits per heavy atom. The quantitative estimate of drug-likeness (QED) is 0.848. The van der Waals surface area contributed by atoms with Gasteiger partial charge in [-0.3, -0.25) is 0 Å². The summed E-state index contributed by atoms with van der Waals surface area (Å²) >= 11 is 0. The van der Waals surface area contributed by atoms with Gasteiger partial charge in [-0.2, -0.15) is 0 Å². The Balaban J connectivity index is 2.29. The number of fused-ring (bicyclic) bond motifs is 2. The molecule has 1 N–H and O–H groups in total. The van der Waals surface area contributed by atoms with Crippen molar-refractivity contribution in [1.82, 2.24) is 0 Å². The molecular weight excluding hydrogens is 240 g/mol. The van der Waals surface area contributed by atoms with E-state index in [4.69, 9.17) is 0 Å². The second kappa shape index (κ2) is 4.02. The SMILES string of the molecule is CN1c2ccccc2N(C)c2c(C(=O)O)cccc21. The Morgan fingerprint density at radius 3 is 2.11 bits per heavy atom. The smallest absolute Gasteiger partial charge is 0.337 e. The van der Waals surface area contributed by atoms with Crippen molar-refractivity contribution in [1.29, 1.82) is 0 Å². The van der Waals surface area contributed by atoms with E-state index in [1.807, 2.05) is 54.2 Å². The topological polar surface area (TPSA) is 43.8 Å². The number of anilines is 4. The molecule has 96 valence electrons. The van der Waals surface area contributed by atoms with E-state index in [1.54, 1.807) is 12.1 Å². The molecule has 0 unspecified atom stereocenters. The molecule has 0 amide bonds. The molecule has 0 saturated carbocycles. The molecule has 0 radical (unpaired) electrons. The first-order chi connectivity index (χ1) is 9.11. The van der Waals surface area contributed by atoms with Crippen molar-refractivity contribution in [2.45, 2.75) is 0 Å². The van der Waals surface area contributed by atoms with Crippen LogP contribution in [-0.4, -0.2) is 25.2 Å². The van der Waals surface area contributed by atoms with Crippen LogP contribution in [0.3, 0.4) is 0 Å². The lowest BCUT2D eigenvalue weighted by molar-refractivity contribution is 0.0697. The average Bonchev–Trinajstić information content (AvgIpc) is 2.44. The van der Waals surface area contributed by atoms with Gasteiger partial charge in [0.2, 0.25) is 0 Å². The van der Waals surface area contributed by atoms with Crippen LogP contribution in [0.1, 0.15) is 10.4 Å². The van der Waals surface area contributed by atoms with Crippen LogP contribution in [0.4, 0.5) is 22.7 Å². The predicted octanol–water partition coefficient (Wildman–Crippen LogP) is 3.23. The number of carbonyl (C=O) groups is 1. The highest BCUT2D eigenvalue weighted by Gasteiger charge is 2.27. The van der Waals surface area contributed by atoms with Gasteiger partial charge in [-0.15, -0.1) is 0 Å². The lowest BCUT2D eigenvalue weighted by Gasteiger charge is -2.37. The molecule has 1 heterocycles. The van der Waals surface area contributed by atoms with Crippen LogP contribution in [0.15, 0.2) is 42.5 Å². The fraction of sp³-hybridized carbons (Fsp3) is 0.133. The third kappa shape index (κ3) is 1.57. The van der Waals surface area contributed by atoms with Gasteiger partial charge < -0.3 is 14.9 Å². The lowest BCUT2D eigenvalue weighted by Crippen LogP contribution is -2.26. The predicted molar refractivity (Wildman–Crippen MR) is 76.0 cm³/mol.